The number of ether oxygens (including phenoxy) is 1. The van der Waals surface area contributed by atoms with Gasteiger partial charge in [-0.3, -0.25) is 14.9 Å². The predicted molar refractivity (Wildman–Crippen MR) is 81.3 cm³/mol. The van der Waals surface area contributed by atoms with E-state index in [4.69, 9.17) is 4.74 Å². The maximum absolute atomic E-state index is 13.2. The highest BCUT2D eigenvalue weighted by Gasteiger charge is 2.15. The summed E-state index contributed by atoms with van der Waals surface area (Å²) in [6.07, 6.45) is 0. The average molecular weight is 369 g/mol. The molecule has 114 valence electrons. The number of nitro groups is 1. The van der Waals surface area contributed by atoms with Crippen molar-refractivity contribution in [3.8, 4) is 5.75 Å². The van der Waals surface area contributed by atoms with Crippen molar-refractivity contribution < 1.29 is 18.8 Å². The number of anilines is 1. The van der Waals surface area contributed by atoms with E-state index in [-0.39, 0.29) is 12.3 Å². The summed E-state index contributed by atoms with van der Waals surface area (Å²) in [5, 5.41) is 13.0. The molecule has 0 aliphatic rings. The molecule has 8 heteroatoms. The van der Waals surface area contributed by atoms with Gasteiger partial charge in [-0.15, -0.1) is 0 Å². The Kier molecular flexibility index (Phi) is 5.05. The topological polar surface area (TPSA) is 81.5 Å². The summed E-state index contributed by atoms with van der Waals surface area (Å²) >= 11 is 3.27. The van der Waals surface area contributed by atoms with Gasteiger partial charge in [-0.1, -0.05) is 12.1 Å². The van der Waals surface area contributed by atoms with Gasteiger partial charge >= 0.3 is 5.69 Å². The molecule has 0 atom stereocenters. The molecule has 0 aliphatic heterocycles. The fourth-order valence-corrected chi connectivity index (χ4v) is 2.03. The van der Waals surface area contributed by atoms with E-state index in [1.54, 1.807) is 24.3 Å². The lowest BCUT2D eigenvalue weighted by molar-refractivity contribution is -0.387. The maximum Gasteiger partial charge on any atom is 0.306 e. The fraction of sp³-hybridized carbons (Fsp3) is 0.0714. The first kappa shape index (κ1) is 15.9. The van der Waals surface area contributed by atoms with Crippen molar-refractivity contribution in [3.05, 3.63) is 62.9 Å². The number of nitrogens with one attached hydrogen (secondary N) is 1. The Labute approximate surface area is 133 Å². The van der Waals surface area contributed by atoms with Crippen LogP contribution >= 0.6 is 15.9 Å². The molecule has 0 heterocycles. The van der Waals surface area contributed by atoms with E-state index >= 15 is 0 Å². The molecule has 0 aliphatic carbocycles. The zero-order chi connectivity index (χ0) is 16.1. The average Bonchev–Trinajstić information content (AvgIpc) is 2.48. The molecule has 2 rings (SSSR count). The maximum atomic E-state index is 13.2. The third-order valence-corrected chi connectivity index (χ3v) is 3.28. The van der Waals surface area contributed by atoms with Crippen LogP contribution in [0.1, 0.15) is 0 Å². The van der Waals surface area contributed by atoms with Crippen LogP contribution < -0.4 is 10.1 Å². The number of amides is 1. The van der Waals surface area contributed by atoms with Crippen LogP contribution in [0, 0.1) is 15.9 Å². The van der Waals surface area contributed by atoms with Crippen molar-refractivity contribution in [2.75, 3.05) is 11.9 Å². The van der Waals surface area contributed by atoms with Gasteiger partial charge in [-0.05, 0) is 40.2 Å². The number of halogens is 2. The second-order valence-corrected chi connectivity index (χ2v) is 5.04. The summed E-state index contributed by atoms with van der Waals surface area (Å²) < 4.78 is 19.2. The summed E-state index contributed by atoms with van der Waals surface area (Å²) in [5.41, 5.74) is -0.585. The first-order valence-electron chi connectivity index (χ1n) is 6.08. The Balaban J connectivity index is 1.99. The molecule has 0 radical (unpaired) electrons. The van der Waals surface area contributed by atoms with Crippen molar-refractivity contribution in [1.82, 2.24) is 0 Å². The molecule has 0 saturated carbocycles. The Bertz CT molecular complexity index is 724. The molecule has 0 spiro atoms. The summed E-state index contributed by atoms with van der Waals surface area (Å²) in [6.45, 7) is -0.284. The van der Waals surface area contributed by atoms with E-state index in [0.29, 0.717) is 10.2 Å². The largest absolute Gasteiger partial charge is 0.483 e. The Hall–Kier alpha value is -2.48. The molecule has 0 saturated heterocycles. The highest BCUT2D eigenvalue weighted by Crippen LogP contribution is 2.24. The quantitative estimate of drug-likeness (QED) is 0.646. The molecule has 1 N–H and O–H groups in total. The molecule has 0 unspecified atom stereocenters. The molecule has 22 heavy (non-hydrogen) atoms. The molecular weight excluding hydrogens is 359 g/mol. The minimum atomic E-state index is -0.965. The van der Waals surface area contributed by atoms with Gasteiger partial charge < -0.3 is 10.1 Å². The lowest BCUT2D eigenvalue weighted by Gasteiger charge is -2.08. The van der Waals surface area contributed by atoms with Crippen LogP contribution in [0.25, 0.3) is 0 Å². The molecule has 6 nitrogen and oxygen atoms in total. The highest BCUT2D eigenvalue weighted by molar-refractivity contribution is 9.10. The minimum Gasteiger partial charge on any atom is -0.483 e. The first-order valence-corrected chi connectivity index (χ1v) is 6.88. The lowest BCUT2D eigenvalue weighted by Crippen LogP contribution is -2.20. The number of hydrogen-bond donors (Lipinski definition) is 1. The van der Waals surface area contributed by atoms with Crippen molar-refractivity contribution in [2.24, 2.45) is 0 Å². The van der Waals surface area contributed by atoms with Gasteiger partial charge in [0.1, 0.15) is 5.75 Å². The SMILES string of the molecule is O=C(COc1ccccc1Br)Nc1ccc(F)c([N+](=O)[O-])c1. The molecular formula is C14H10BrFN2O4. The monoisotopic (exact) mass is 368 g/mol. The predicted octanol–water partition coefficient (Wildman–Crippen LogP) is 3.51. The second kappa shape index (κ2) is 6.99. The van der Waals surface area contributed by atoms with Gasteiger partial charge in [0.05, 0.1) is 9.40 Å². The molecule has 0 bridgehead atoms. The summed E-state index contributed by atoms with van der Waals surface area (Å²) in [5.74, 6) is -0.994. The number of nitro benzene ring substituents is 1. The number of benzene rings is 2. The molecule has 1 amide bonds. The lowest BCUT2D eigenvalue weighted by atomic mass is 10.2. The van der Waals surface area contributed by atoms with E-state index in [9.17, 15) is 19.3 Å². The van der Waals surface area contributed by atoms with Gasteiger partial charge in [0.2, 0.25) is 5.82 Å². The van der Waals surface area contributed by atoms with Gasteiger partial charge in [-0.25, -0.2) is 0 Å². The van der Waals surface area contributed by atoms with Crippen LogP contribution in [-0.2, 0) is 4.79 Å². The third-order valence-electron chi connectivity index (χ3n) is 2.62. The molecule has 0 fully saturated rings. The number of para-hydroxylation sites is 1. The number of carbonyl (C=O) groups is 1. The number of rotatable bonds is 5. The normalized spacial score (nSPS) is 10.1. The van der Waals surface area contributed by atoms with Crippen molar-refractivity contribution in [3.63, 3.8) is 0 Å². The Morgan fingerprint density at radius 1 is 1.32 bits per heavy atom. The summed E-state index contributed by atoms with van der Waals surface area (Å²) in [6, 6.07) is 10.1. The third kappa shape index (κ3) is 4.01. The minimum absolute atomic E-state index is 0.119. The van der Waals surface area contributed by atoms with Crippen LogP contribution in [0.3, 0.4) is 0 Å². The van der Waals surface area contributed by atoms with Gasteiger partial charge in [-0.2, -0.15) is 4.39 Å². The van der Waals surface area contributed by atoms with Gasteiger partial charge in [0, 0.05) is 11.8 Å². The molecule has 0 aromatic heterocycles. The van der Waals surface area contributed by atoms with E-state index in [1.165, 1.54) is 6.07 Å². The van der Waals surface area contributed by atoms with Crippen molar-refractivity contribution in [1.29, 1.82) is 0 Å². The van der Waals surface area contributed by atoms with Crippen LogP contribution in [0.5, 0.6) is 5.75 Å². The van der Waals surface area contributed by atoms with Crippen LogP contribution in [-0.4, -0.2) is 17.4 Å². The summed E-state index contributed by atoms with van der Waals surface area (Å²) in [7, 11) is 0. The smallest absolute Gasteiger partial charge is 0.306 e. The molecule has 2 aromatic carbocycles. The van der Waals surface area contributed by atoms with Crippen molar-refractivity contribution >= 4 is 33.2 Å². The van der Waals surface area contributed by atoms with Gasteiger partial charge in [0.15, 0.2) is 6.61 Å². The molecule has 2 aromatic rings. The zero-order valence-electron chi connectivity index (χ0n) is 11.1. The van der Waals surface area contributed by atoms with E-state index in [1.807, 2.05) is 0 Å². The fourth-order valence-electron chi connectivity index (χ4n) is 1.63. The van der Waals surface area contributed by atoms with Crippen LogP contribution in [0.2, 0.25) is 0 Å². The van der Waals surface area contributed by atoms with Gasteiger partial charge in [0.25, 0.3) is 5.91 Å². The van der Waals surface area contributed by atoms with Crippen LogP contribution in [0.4, 0.5) is 15.8 Å². The van der Waals surface area contributed by atoms with E-state index in [0.717, 1.165) is 12.1 Å². The number of nitrogens with zero attached hydrogens (tertiary/aromatic N) is 1. The Morgan fingerprint density at radius 2 is 2.05 bits per heavy atom. The van der Waals surface area contributed by atoms with E-state index in [2.05, 4.69) is 21.2 Å². The first-order chi connectivity index (χ1) is 10.5. The standard InChI is InChI=1S/C14H10BrFN2O4/c15-10-3-1-2-4-13(10)22-8-14(19)17-9-5-6-11(16)12(7-9)18(20)21/h1-7H,8H2,(H,17,19). The summed E-state index contributed by atoms with van der Waals surface area (Å²) in [4.78, 5) is 21.5. The Morgan fingerprint density at radius 3 is 2.73 bits per heavy atom. The van der Waals surface area contributed by atoms with Crippen LogP contribution in [0.15, 0.2) is 46.9 Å². The second-order valence-electron chi connectivity index (χ2n) is 4.19. The highest BCUT2D eigenvalue weighted by atomic mass is 79.9. The van der Waals surface area contributed by atoms with E-state index < -0.39 is 22.3 Å². The zero-order valence-corrected chi connectivity index (χ0v) is 12.7. The van der Waals surface area contributed by atoms with Crippen molar-refractivity contribution in [2.45, 2.75) is 0 Å². The number of hydrogen-bond acceptors (Lipinski definition) is 4. The number of carbonyl (C=O) groups excluding carboxylic acids is 1.